The summed E-state index contributed by atoms with van der Waals surface area (Å²) in [5, 5.41) is 5.90. The number of aromatic nitrogens is 5. The third-order valence-electron chi connectivity index (χ3n) is 2.26. The van der Waals surface area contributed by atoms with Crippen LogP contribution in [0, 0.1) is 0 Å². The van der Waals surface area contributed by atoms with Crippen molar-refractivity contribution in [1.29, 1.82) is 0 Å². The lowest BCUT2D eigenvalue weighted by molar-refractivity contribution is 0.687. The molecule has 0 aromatic carbocycles. The summed E-state index contributed by atoms with van der Waals surface area (Å²) in [6, 6.07) is 0. The zero-order valence-electron chi connectivity index (χ0n) is 10.7. The van der Waals surface area contributed by atoms with Gasteiger partial charge in [0, 0.05) is 48.8 Å². The Morgan fingerprint density at radius 1 is 1.32 bits per heavy atom. The van der Waals surface area contributed by atoms with Crippen molar-refractivity contribution >= 4 is 22.7 Å². The van der Waals surface area contributed by atoms with Crippen LogP contribution in [0.1, 0.15) is 0 Å². The van der Waals surface area contributed by atoms with Crippen LogP contribution < -0.4 is 10.6 Å². The van der Waals surface area contributed by atoms with Gasteiger partial charge in [0.05, 0.1) is 0 Å². The van der Waals surface area contributed by atoms with E-state index >= 15 is 0 Å². The van der Waals surface area contributed by atoms with E-state index in [0.717, 1.165) is 0 Å². The number of nitrogens with zero attached hydrogens (tertiary/aromatic N) is 5. The van der Waals surface area contributed by atoms with Crippen molar-refractivity contribution in [3.05, 3.63) is 18.7 Å². The van der Waals surface area contributed by atoms with Crippen LogP contribution in [0.5, 0.6) is 0 Å². The molecular formula is C10H15N7OS. The van der Waals surface area contributed by atoms with E-state index in [2.05, 4.69) is 30.6 Å². The molecule has 0 spiro atoms. The predicted molar refractivity (Wildman–Crippen MR) is 73.9 cm³/mol. The fourth-order valence-corrected chi connectivity index (χ4v) is 1.74. The molecule has 2 heterocycles. The number of anilines is 2. The Balaban J connectivity index is 2.19. The molecule has 0 fully saturated rings. The van der Waals surface area contributed by atoms with Gasteiger partial charge in [-0.3, -0.25) is 8.78 Å². The van der Waals surface area contributed by atoms with Crippen LogP contribution in [-0.2, 0) is 10.8 Å². The van der Waals surface area contributed by atoms with Crippen LogP contribution in [-0.4, -0.2) is 54.3 Å². The average molecular weight is 281 g/mol. The summed E-state index contributed by atoms with van der Waals surface area (Å²) in [5.41, 5.74) is 0. The van der Waals surface area contributed by atoms with Gasteiger partial charge in [-0.25, -0.2) is 4.98 Å². The van der Waals surface area contributed by atoms with E-state index in [1.807, 2.05) is 0 Å². The summed E-state index contributed by atoms with van der Waals surface area (Å²) < 4.78 is 12.7. The molecule has 2 aromatic rings. The summed E-state index contributed by atoms with van der Waals surface area (Å²) >= 11 is 0. The molecule has 0 saturated carbocycles. The first-order chi connectivity index (χ1) is 9.19. The highest BCUT2D eigenvalue weighted by molar-refractivity contribution is 7.84. The van der Waals surface area contributed by atoms with Crippen LogP contribution in [0.15, 0.2) is 18.7 Å². The van der Waals surface area contributed by atoms with Crippen LogP contribution in [0.25, 0.3) is 5.95 Å². The predicted octanol–water partition coefficient (Wildman–Crippen LogP) is -0.111. The lowest BCUT2D eigenvalue weighted by Crippen LogP contribution is -2.14. The van der Waals surface area contributed by atoms with Gasteiger partial charge < -0.3 is 10.6 Å². The summed E-state index contributed by atoms with van der Waals surface area (Å²) in [7, 11) is 0.888. The lowest BCUT2D eigenvalue weighted by atomic mass is 10.7. The van der Waals surface area contributed by atoms with Gasteiger partial charge in [0.2, 0.25) is 17.8 Å². The molecule has 1 atom stereocenters. The maximum Gasteiger partial charge on any atom is 0.241 e. The van der Waals surface area contributed by atoms with Gasteiger partial charge in [0.25, 0.3) is 0 Å². The van der Waals surface area contributed by atoms with Crippen molar-refractivity contribution < 1.29 is 4.21 Å². The van der Waals surface area contributed by atoms with Crippen molar-refractivity contribution in [3.8, 4) is 5.95 Å². The maximum absolute atomic E-state index is 11.0. The van der Waals surface area contributed by atoms with Crippen molar-refractivity contribution in [2.45, 2.75) is 0 Å². The quantitative estimate of drug-likeness (QED) is 0.762. The van der Waals surface area contributed by atoms with Crippen LogP contribution in [0.2, 0.25) is 0 Å². The van der Waals surface area contributed by atoms with E-state index in [9.17, 15) is 4.21 Å². The van der Waals surface area contributed by atoms with Crippen molar-refractivity contribution in [1.82, 2.24) is 24.5 Å². The first-order valence-corrected chi connectivity index (χ1v) is 7.38. The van der Waals surface area contributed by atoms with E-state index in [-0.39, 0.29) is 0 Å². The second-order valence-electron chi connectivity index (χ2n) is 3.71. The molecule has 0 saturated heterocycles. The molecule has 19 heavy (non-hydrogen) atoms. The maximum atomic E-state index is 11.0. The molecule has 9 heteroatoms. The smallest absolute Gasteiger partial charge is 0.241 e. The minimum absolute atomic E-state index is 0.438. The monoisotopic (exact) mass is 281 g/mol. The van der Waals surface area contributed by atoms with Gasteiger partial charge in [0.1, 0.15) is 6.33 Å². The Morgan fingerprint density at radius 3 is 2.74 bits per heavy atom. The number of hydrogen-bond acceptors (Lipinski definition) is 7. The molecule has 8 nitrogen and oxygen atoms in total. The van der Waals surface area contributed by atoms with Crippen LogP contribution >= 0.6 is 0 Å². The van der Waals surface area contributed by atoms with Gasteiger partial charge in [0.15, 0.2) is 0 Å². The van der Waals surface area contributed by atoms with Gasteiger partial charge >= 0.3 is 0 Å². The lowest BCUT2D eigenvalue weighted by Gasteiger charge is -2.08. The summed E-state index contributed by atoms with van der Waals surface area (Å²) in [5.74, 6) is 1.91. The Labute approximate surface area is 113 Å². The SMILES string of the molecule is CNc1nc(NCCS(C)=O)nc(-n2ccnc2)n1. The molecule has 102 valence electrons. The number of rotatable bonds is 6. The normalized spacial score (nSPS) is 12.1. The van der Waals surface area contributed by atoms with E-state index in [1.165, 1.54) is 0 Å². The first-order valence-electron chi connectivity index (χ1n) is 5.65. The number of nitrogens with one attached hydrogen (secondary N) is 2. The molecule has 0 bridgehead atoms. The molecule has 2 aromatic heterocycles. The molecule has 0 aliphatic rings. The molecule has 0 amide bonds. The summed E-state index contributed by atoms with van der Waals surface area (Å²) in [4.78, 5) is 16.6. The van der Waals surface area contributed by atoms with Gasteiger partial charge in [-0.1, -0.05) is 0 Å². The fourth-order valence-electron chi connectivity index (χ4n) is 1.36. The fraction of sp³-hybridized carbons (Fsp3) is 0.400. The topological polar surface area (TPSA) is 97.6 Å². The first kappa shape index (κ1) is 13.4. The van der Waals surface area contributed by atoms with Crippen molar-refractivity contribution in [3.63, 3.8) is 0 Å². The molecule has 0 radical (unpaired) electrons. The van der Waals surface area contributed by atoms with Gasteiger partial charge in [-0.15, -0.1) is 0 Å². The van der Waals surface area contributed by atoms with E-state index < -0.39 is 10.8 Å². The highest BCUT2D eigenvalue weighted by atomic mass is 32.2. The minimum Gasteiger partial charge on any atom is -0.357 e. The van der Waals surface area contributed by atoms with E-state index in [0.29, 0.717) is 30.1 Å². The summed E-state index contributed by atoms with van der Waals surface area (Å²) in [6.45, 7) is 0.541. The van der Waals surface area contributed by atoms with Gasteiger partial charge in [-0.05, 0) is 0 Å². The minimum atomic E-state index is -0.846. The highest BCUT2D eigenvalue weighted by Crippen LogP contribution is 2.08. The van der Waals surface area contributed by atoms with Gasteiger partial charge in [-0.2, -0.15) is 15.0 Å². The second-order valence-corrected chi connectivity index (χ2v) is 5.26. The summed E-state index contributed by atoms with van der Waals surface area (Å²) in [6.07, 6.45) is 6.67. The second kappa shape index (κ2) is 6.23. The molecule has 2 rings (SSSR count). The number of hydrogen-bond donors (Lipinski definition) is 2. The van der Waals surface area contributed by atoms with Crippen LogP contribution in [0.3, 0.4) is 0 Å². The third-order valence-corrected chi connectivity index (χ3v) is 3.03. The molecule has 0 aliphatic carbocycles. The van der Waals surface area contributed by atoms with E-state index in [4.69, 9.17) is 0 Å². The number of imidazole rings is 1. The van der Waals surface area contributed by atoms with Crippen molar-refractivity contribution in [2.75, 3.05) is 36.2 Å². The Hall–Kier alpha value is -2.03. The zero-order chi connectivity index (χ0) is 13.7. The molecule has 0 aliphatic heterocycles. The largest absolute Gasteiger partial charge is 0.357 e. The highest BCUT2D eigenvalue weighted by Gasteiger charge is 2.06. The Morgan fingerprint density at radius 2 is 2.11 bits per heavy atom. The standard InChI is InChI=1S/C10H15N7OS/c1-11-8-14-9(13-4-6-19(2)18)16-10(15-8)17-5-3-12-7-17/h3,5,7H,4,6H2,1-2H3,(H2,11,13,14,15,16). The van der Waals surface area contributed by atoms with Crippen molar-refractivity contribution in [2.24, 2.45) is 0 Å². The Kier molecular flexibility index (Phi) is 4.39. The zero-order valence-corrected chi connectivity index (χ0v) is 11.5. The molecular weight excluding hydrogens is 266 g/mol. The molecule has 1 unspecified atom stereocenters. The van der Waals surface area contributed by atoms with E-state index in [1.54, 1.807) is 36.6 Å². The third kappa shape index (κ3) is 3.71. The Bertz CT molecular complexity index is 557. The van der Waals surface area contributed by atoms with Crippen LogP contribution in [0.4, 0.5) is 11.9 Å². The average Bonchev–Trinajstić information content (AvgIpc) is 2.92. The molecule has 2 N–H and O–H groups in total.